The van der Waals surface area contributed by atoms with Gasteiger partial charge >= 0.3 is 39.5 Å². The molecule has 606 valence electrons. The molecule has 0 aromatic heterocycles. The highest BCUT2D eigenvalue weighted by Crippen LogP contribution is 2.45. The van der Waals surface area contributed by atoms with Crippen molar-refractivity contribution in [2.24, 2.45) is 23.7 Å². The Balaban J connectivity index is 5.25. The van der Waals surface area contributed by atoms with Gasteiger partial charge in [-0.15, -0.1) is 0 Å². The highest BCUT2D eigenvalue weighted by molar-refractivity contribution is 7.47. The fraction of sp³-hybridized carbons (Fsp3) is 0.952. The van der Waals surface area contributed by atoms with Crippen molar-refractivity contribution in [3.05, 3.63) is 0 Å². The van der Waals surface area contributed by atoms with Crippen LogP contribution in [0.1, 0.15) is 428 Å². The Morgan fingerprint density at radius 1 is 0.275 bits per heavy atom. The lowest BCUT2D eigenvalue weighted by molar-refractivity contribution is -0.161. The first-order chi connectivity index (χ1) is 49.2. The van der Waals surface area contributed by atoms with Gasteiger partial charge in [0.2, 0.25) is 0 Å². The highest BCUT2D eigenvalue weighted by atomic mass is 31.2. The Bertz CT molecular complexity index is 1990. The summed E-state index contributed by atoms with van der Waals surface area (Å²) in [7, 11) is -9.93. The molecular formula is C83H162O17P2. The molecule has 0 aliphatic heterocycles. The minimum atomic E-state index is -4.96. The number of unbranched alkanes of at least 4 members (excludes halogenated alkanes) is 44. The maximum atomic E-state index is 13.1. The number of ether oxygens (including phenoxy) is 4. The molecule has 0 aromatic carbocycles. The van der Waals surface area contributed by atoms with E-state index in [9.17, 15) is 43.2 Å². The summed E-state index contributed by atoms with van der Waals surface area (Å²) in [5.74, 6) is 1.07. The molecule has 102 heavy (non-hydrogen) atoms. The van der Waals surface area contributed by atoms with Crippen LogP contribution in [0.2, 0.25) is 0 Å². The molecule has 0 saturated carbocycles. The van der Waals surface area contributed by atoms with Gasteiger partial charge in [0, 0.05) is 25.7 Å². The first kappa shape index (κ1) is 100. The normalized spacial score (nSPS) is 14.5. The number of phosphoric acid groups is 2. The molecule has 0 aromatic rings. The number of aliphatic hydroxyl groups excluding tert-OH is 1. The lowest BCUT2D eigenvalue weighted by Crippen LogP contribution is -2.30. The Labute approximate surface area is 626 Å². The topological polar surface area (TPSA) is 237 Å². The highest BCUT2D eigenvalue weighted by Gasteiger charge is 2.30. The lowest BCUT2D eigenvalue weighted by atomic mass is 9.99. The molecule has 17 nitrogen and oxygen atoms in total. The fourth-order valence-corrected chi connectivity index (χ4v) is 14.3. The molecule has 3 N–H and O–H groups in total. The van der Waals surface area contributed by atoms with Crippen LogP contribution in [-0.4, -0.2) is 96.7 Å². The summed E-state index contributed by atoms with van der Waals surface area (Å²) < 4.78 is 68.8. The third kappa shape index (κ3) is 73.6. The second kappa shape index (κ2) is 72.0. The summed E-state index contributed by atoms with van der Waals surface area (Å²) in [4.78, 5) is 73.1. The van der Waals surface area contributed by atoms with Crippen LogP contribution in [0.5, 0.6) is 0 Å². The number of esters is 4. The number of carbonyl (C=O) groups is 4. The molecular weight excluding hydrogens is 1330 g/mol. The van der Waals surface area contributed by atoms with Crippen LogP contribution in [0.4, 0.5) is 0 Å². The fourth-order valence-electron chi connectivity index (χ4n) is 12.7. The van der Waals surface area contributed by atoms with Crippen molar-refractivity contribution in [2.75, 3.05) is 39.6 Å². The SMILES string of the molecule is CCC(C)CCCCCCCCCCCCC(=O)O[C@H](COC(=O)CCCCCCCCCCC(C)CC)COP(=O)(O)OC[C@H](O)COP(=O)(O)OC[C@@H](COC(=O)CCCCCCCCCCCCCCC(C)C)OC(=O)CCCCCCCCCCCCCCCCCCCCC(C)C. The van der Waals surface area contributed by atoms with E-state index in [2.05, 4.69) is 55.4 Å². The van der Waals surface area contributed by atoms with Crippen molar-refractivity contribution in [3.63, 3.8) is 0 Å². The van der Waals surface area contributed by atoms with Crippen LogP contribution in [0.15, 0.2) is 0 Å². The van der Waals surface area contributed by atoms with Crippen molar-refractivity contribution < 1.29 is 80.2 Å². The van der Waals surface area contributed by atoms with E-state index < -0.39 is 97.5 Å². The number of phosphoric ester groups is 2. The van der Waals surface area contributed by atoms with Gasteiger partial charge in [-0.05, 0) is 49.4 Å². The van der Waals surface area contributed by atoms with Gasteiger partial charge in [-0.1, -0.05) is 376 Å². The average molecular weight is 1490 g/mol. The smallest absolute Gasteiger partial charge is 0.462 e. The molecule has 0 aliphatic carbocycles. The Morgan fingerprint density at radius 3 is 0.696 bits per heavy atom. The first-order valence-corrected chi connectivity index (χ1v) is 45.8. The van der Waals surface area contributed by atoms with Gasteiger partial charge in [-0.3, -0.25) is 37.3 Å². The van der Waals surface area contributed by atoms with Gasteiger partial charge in [-0.2, -0.15) is 0 Å². The van der Waals surface area contributed by atoms with Crippen molar-refractivity contribution in [1.29, 1.82) is 0 Å². The Hall–Kier alpha value is -1.94. The molecule has 0 fully saturated rings. The summed E-state index contributed by atoms with van der Waals surface area (Å²) in [5, 5.41) is 10.7. The van der Waals surface area contributed by atoms with Gasteiger partial charge in [0.15, 0.2) is 12.2 Å². The third-order valence-electron chi connectivity index (χ3n) is 20.0. The first-order valence-electron chi connectivity index (χ1n) is 42.8. The summed E-state index contributed by atoms with van der Waals surface area (Å²) in [5.41, 5.74) is 0. The largest absolute Gasteiger partial charge is 0.472 e. The van der Waals surface area contributed by atoms with E-state index in [0.717, 1.165) is 114 Å². The Kier molecular flexibility index (Phi) is 70.6. The molecule has 4 unspecified atom stereocenters. The number of hydrogen-bond acceptors (Lipinski definition) is 15. The van der Waals surface area contributed by atoms with E-state index in [1.807, 2.05) is 0 Å². The molecule has 0 aliphatic rings. The van der Waals surface area contributed by atoms with E-state index in [1.165, 1.54) is 231 Å². The van der Waals surface area contributed by atoms with Crippen LogP contribution >= 0.6 is 15.6 Å². The quantitative estimate of drug-likeness (QED) is 0.0222. The van der Waals surface area contributed by atoms with Gasteiger partial charge in [0.05, 0.1) is 26.4 Å². The zero-order valence-corrected chi connectivity index (χ0v) is 69.0. The van der Waals surface area contributed by atoms with Gasteiger partial charge < -0.3 is 33.8 Å². The van der Waals surface area contributed by atoms with Gasteiger partial charge in [-0.25, -0.2) is 9.13 Å². The zero-order valence-electron chi connectivity index (χ0n) is 67.2. The molecule has 0 radical (unpaired) electrons. The number of carbonyl (C=O) groups excluding carboxylic acids is 4. The molecule has 0 spiro atoms. The van der Waals surface area contributed by atoms with Gasteiger partial charge in [0.25, 0.3) is 0 Å². The third-order valence-corrected chi connectivity index (χ3v) is 21.9. The van der Waals surface area contributed by atoms with E-state index >= 15 is 0 Å². The molecule has 7 atom stereocenters. The predicted molar refractivity (Wildman–Crippen MR) is 418 cm³/mol. The maximum absolute atomic E-state index is 13.1. The predicted octanol–water partition coefficient (Wildman–Crippen LogP) is 24.8. The number of rotatable bonds is 80. The molecule has 0 bridgehead atoms. The van der Waals surface area contributed by atoms with Crippen LogP contribution in [0, 0.1) is 23.7 Å². The van der Waals surface area contributed by atoms with E-state index in [4.69, 9.17) is 37.0 Å². The molecule has 0 saturated heterocycles. The van der Waals surface area contributed by atoms with Crippen LogP contribution in [0.3, 0.4) is 0 Å². The summed E-state index contributed by atoms with van der Waals surface area (Å²) >= 11 is 0. The standard InChI is InChI=1S/C83H162O17P2/c1-9-75(7)61-53-45-37-29-25-26-32-42-50-58-66-83(88)100-79(70-94-81(86)64-56-48-40-34-33-38-46-54-62-76(8)10-2)72-98-102(91,92)96-68-77(84)67-95-101(89,90)97-71-78(69-93-80(85)63-55-47-39-30-23-20-19-22-28-36-44-52-60-74(5)6)99-82(87)65-57-49-41-31-24-18-16-14-12-11-13-15-17-21-27-35-43-51-59-73(3)4/h73-79,84H,9-72H2,1-8H3,(H,89,90)(H,91,92)/t75?,76?,77-,78-,79-/m1/s1. The van der Waals surface area contributed by atoms with Crippen LogP contribution in [-0.2, 0) is 65.4 Å². The number of aliphatic hydroxyl groups is 1. The lowest BCUT2D eigenvalue weighted by Gasteiger charge is -2.21. The van der Waals surface area contributed by atoms with Crippen molar-refractivity contribution in [3.8, 4) is 0 Å². The minimum absolute atomic E-state index is 0.106. The van der Waals surface area contributed by atoms with Crippen molar-refractivity contribution in [1.82, 2.24) is 0 Å². The second-order valence-electron chi connectivity index (χ2n) is 31.3. The summed E-state index contributed by atoms with van der Waals surface area (Å²) in [6.07, 6.45) is 59.5. The van der Waals surface area contributed by atoms with E-state index in [1.54, 1.807) is 0 Å². The van der Waals surface area contributed by atoms with Gasteiger partial charge in [0.1, 0.15) is 19.3 Å². The monoisotopic (exact) mass is 1490 g/mol. The van der Waals surface area contributed by atoms with E-state index in [0.29, 0.717) is 25.7 Å². The second-order valence-corrected chi connectivity index (χ2v) is 34.2. The average Bonchev–Trinajstić information content (AvgIpc) is 0.920. The molecule has 0 heterocycles. The summed E-state index contributed by atoms with van der Waals surface area (Å²) in [6.45, 7) is 14.3. The number of hydrogen-bond donors (Lipinski definition) is 3. The Morgan fingerprint density at radius 2 is 0.471 bits per heavy atom. The maximum Gasteiger partial charge on any atom is 0.472 e. The van der Waals surface area contributed by atoms with Crippen LogP contribution in [0.25, 0.3) is 0 Å². The van der Waals surface area contributed by atoms with Crippen molar-refractivity contribution >= 4 is 39.5 Å². The molecule has 19 heteroatoms. The molecule has 0 rings (SSSR count). The van der Waals surface area contributed by atoms with Crippen LogP contribution < -0.4 is 0 Å². The van der Waals surface area contributed by atoms with E-state index in [-0.39, 0.29) is 25.7 Å². The minimum Gasteiger partial charge on any atom is -0.462 e. The van der Waals surface area contributed by atoms with Crippen molar-refractivity contribution in [2.45, 2.75) is 446 Å². The zero-order chi connectivity index (χ0) is 75.3. The summed E-state index contributed by atoms with van der Waals surface area (Å²) in [6, 6.07) is 0. The molecule has 0 amide bonds.